The second-order valence-electron chi connectivity index (χ2n) is 5.81. The number of aryl methyl sites for hydroxylation is 1. The number of hydrogen-bond acceptors (Lipinski definition) is 2. The molecule has 2 nitrogen and oxygen atoms in total. The lowest BCUT2D eigenvalue weighted by atomic mass is 10.0. The van der Waals surface area contributed by atoms with Crippen LogP contribution in [0.4, 0.5) is 13.2 Å². The normalized spacial score (nSPS) is 12.3. The Bertz CT molecular complexity index is 1170. The second kappa shape index (κ2) is 4.84. The summed E-state index contributed by atoms with van der Waals surface area (Å²) in [4.78, 5) is 12.7. The Morgan fingerprint density at radius 1 is 0.917 bits per heavy atom. The molecule has 0 radical (unpaired) electrons. The van der Waals surface area contributed by atoms with Crippen molar-refractivity contribution < 1.29 is 17.6 Å². The van der Waals surface area contributed by atoms with E-state index in [4.69, 9.17) is 4.42 Å². The molecule has 0 atom stereocenters. The third kappa shape index (κ3) is 2.16. The largest absolute Gasteiger partial charge is 0.455 e. The van der Waals surface area contributed by atoms with Gasteiger partial charge in [-0.1, -0.05) is 29.8 Å². The lowest BCUT2D eigenvalue weighted by Crippen LogP contribution is -2.09. The highest BCUT2D eigenvalue weighted by Gasteiger charge is 2.34. The summed E-state index contributed by atoms with van der Waals surface area (Å²) in [6.07, 6.45) is -4.59. The standard InChI is InChI=1S/C19H11F3O2/c1-10-5-6-11-8-14-16(9-12(11)7-10)24-18-13(17(14)23)3-2-4-15(18)19(20,21)22/h2-9H,1H3. The van der Waals surface area contributed by atoms with Crippen molar-refractivity contribution in [3.05, 3.63) is 69.9 Å². The van der Waals surface area contributed by atoms with Crippen LogP contribution in [-0.2, 0) is 6.18 Å². The molecule has 0 fully saturated rings. The van der Waals surface area contributed by atoms with E-state index in [-0.39, 0.29) is 16.4 Å². The van der Waals surface area contributed by atoms with Crippen molar-refractivity contribution in [2.75, 3.05) is 0 Å². The zero-order chi connectivity index (χ0) is 17.1. The van der Waals surface area contributed by atoms with Gasteiger partial charge in [-0.05, 0) is 42.0 Å². The average molecular weight is 328 g/mol. The Morgan fingerprint density at radius 3 is 2.46 bits per heavy atom. The summed E-state index contributed by atoms with van der Waals surface area (Å²) in [5.41, 5.74) is -0.652. The topological polar surface area (TPSA) is 30.2 Å². The van der Waals surface area contributed by atoms with Gasteiger partial charge in [0.05, 0.1) is 16.3 Å². The first-order valence-corrected chi connectivity index (χ1v) is 7.32. The van der Waals surface area contributed by atoms with Gasteiger partial charge in [-0.3, -0.25) is 4.79 Å². The summed E-state index contributed by atoms with van der Waals surface area (Å²) in [5.74, 6) is 0. The third-order valence-corrected chi connectivity index (χ3v) is 4.12. The number of hydrogen-bond donors (Lipinski definition) is 0. The summed E-state index contributed by atoms with van der Waals surface area (Å²) in [7, 11) is 0. The molecule has 0 amide bonds. The van der Waals surface area contributed by atoms with E-state index in [1.165, 1.54) is 12.1 Å². The Balaban J connectivity index is 2.20. The van der Waals surface area contributed by atoms with Crippen LogP contribution in [0.25, 0.3) is 32.7 Å². The highest BCUT2D eigenvalue weighted by molar-refractivity contribution is 5.99. The number of fused-ring (bicyclic) bond motifs is 3. The van der Waals surface area contributed by atoms with Crippen LogP contribution in [0.3, 0.4) is 0 Å². The van der Waals surface area contributed by atoms with Gasteiger partial charge >= 0.3 is 6.18 Å². The third-order valence-electron chi connectivity index (χ3n) is 4.12. The van der Waals surface area contributed by atoms with Crippen LogP contribution >= 0.6 is 0 Å². The maximum atomic E-state index is 13.2. The SMILES string of the molecule is Cc1ccc2cc3c(=O)c4cccc(C(F)(F)F)c4oc3cc2c1. The zero-order valence-electron chi connectivity index (χ0n) is 12.6. The van der Waals surface area contributed by atoms with E-state index < -0.39 is 22.8 Å². The van der Waals surface area contributed by atoms with Crippen LogP contribution in [0, 0.1) is 6.92 Å². The summed E-state index contributed by atoms with van der Waals surface area (Å²) in [6.45, 7) is 1.92. The molecule has 24 heavy (non-hydrogen) atoms. The van der Waals surface area contributed by atoms with Crippen molar-refractivity contribution in [2.45, 2.75) is 13.1 Å². The van der Waals surface area contributed by atoms with Gasteiger partial charge in [0.1, 0.15) is 5.58 Å². The number of halogens is 3. The minimum atomic E-state index is -4.59. The minimum absolute atomic E-state index is 0.0659. The summed E-state index contributed by atoms with van der Waals surface area (Å²) in [5, 5.41) is 1.86. The maximum Gasteiger partial charge on any atom is 0.420 e. The molecule has 4 aromatic rings. The van der Waals surface area contributed by atoms with Crippen molar-refractivity contribution in [3.63, 3.8) is 0 Å². The summed E-state index contributed by atoms with van der Waals surface area (Å²) >= 11 is 0. The Labute approximate surface area is 134 Å². The molecule has 0 aliphatic rings. The first kappa shape index (κ1) is 14.8. The molecule has 1 heterocycles. The molecule has 0 aliphatic heterocycles. The van der Waals surface area contributed by atoms with E-state index >= 15 is 0 Å². The van der Waals surface area contributed by atoms with Crippen molar-refractivity contribution in [1.82, 2.24) is 0 Å². The molecule has 3 aromatic carbocycles. The van der Waals surface area contributed by atoms with Gasteiger partial charge in [-0.25, -0.2) is 0 Å². The molecule has 0 spiro atoms. The molecule has 0 N–H and O–H groups in total. The van der Waals surface area contributed by atoms with E-state index in [0.29, 0.717) is 0 Å². The Morgan fingerprint density at radius 2 is 1.71 bits per heavy atom. The molecule has 0 saturated heterocycles. The quantitative estimate of drug-likeness (QED) is 0.403. The van der Waals surface area contributed by atoms with E-state index in [9.17, 15) is 18.0 Å². The summed E-state index contributed by atoms with van der Waals surface area (Å²) < 4.78 is 45.1. The fourth-order valence-corrected chi connectivity index (χ4v) is 2.96. The molecule has 1 aromatic heterocycles. The molecular weight excluding hydrogens is 317 g/mol. The Kier molecular flexibility index (Phi) is 2.97. The first-order valence-electron chi connectivity index (χ1n) is 7.32. The first-order chi connectivity index (χ1) is 11.3. The van der Waals surface area contributed by atoms with Gasteiger partial charge in [0, 0.05) is 0 Å². The molecule has 0 unspecified atom stereocenters. The van der Waals surface area contributed by atoms with Crippen LogP contribution in [0.5, 0.6) is 0 Å². The van der Waals surface area contributed by atoms with Gasteiger partial charge in [0.25, 0.3) is 0 Å². The molecular formula is C19H11F3O2. The van der Waals surface area contributed by atoms with Gasteiger partial charge in [-0.2, -0.15) is 13.2 Å². The van der Waals surface area contributed by atoms with Gasteiger partial charge in [-0.15, -0.1) is 0 Å². The second-order valence-corrected chi connectivity index (χ2v) is 5.81. The van der Waals surface area contributed by atoms with Crippen LogP contribution in [-0.4, -0.2) is 0 Å². The number of alkyl halides is 3. The van der Waals surface area contributed by atoms with Gasteiger partial charge < -0.3 is 4.42 Å². The number of para-hydroxylation sites is 1. The highest BCUT2D eigenvalue weighted by Crippen LogP contribution is 2.35. The van der Waals surface area contributed by atoms with E-state index in [1.54, 1.807) is 12.1 Å². The van der Waals surface area contributed by atoms with Crippen molar-refractivity contribution in [1.29, 1.82) is 0 Å². The van der Waals surface area contributed by atoms with Gasteiger partial charge in [0.2, 0.25) is 5.43 Å². The molecule has 4 rings (SSSR count). The predicted octanol–water partition coefficient (Wildman–Crippen LogP) is 5.43. The van der Waals surface area contributed by atoms with E-state index in [0.717, 1.165) is 22.4 Å². The predicted molar refractivity (Wildman–Crippen MR) is 87.2 cm³/mol. The molecule has 5 heteroatoms. The summed E-state index contributed by atoms with van der Waals surface area (Å²) in [6, 6.07) is 12.5. The van der Waals surface area contributed by atoms with Crippen LogP contribution in [0.15, 0.2) is 57.7 Å². The monoisotopic (exact) mass is 328 g/mol. The van der Waals surface area contributed by atoms with Crippen molar-refractivity contribution >= 4 is 32.7 Å². The maximum absolute atomic E-state index is 13.2. The van der Waals surface area contributed by atoms with Gasteiger partial charge in [0.15, 0.2) is 5.58 Å². The van der Waals surface area contributed by atoms with Crippen molar-refractivity contribution in [2.24, 2.45) is 0 Å². The smallest absolute Gasteiger partial charge is 0.420 e. The van der Waals surface area contributed by atoms with Crippen LogP contribution < -0.4 is 5.43 Å². The molecule has 0 aliphatic carbocycles. The number of benzene rings is 3. The average Bonchev–Trinajstić information content (AvgIpc) is 2.52. The van der Waals surface area contributed by atoms with E-state index in [1.807, 2.05) is 25.1 Å². The fourth-order valence-electron chi connectivity index (χ4n) is 2.96. The molecule has 120 valence electrons. The number of rotatable bonds is 0. The molecule has 0 saturated carbocycles. The molecule has 0 bridgehead atoms. The Hall–Kier alpha value is -2.82. The van der Waals surface area contributed by atoms with Crippen molar-refractivity contribution in [3.8, 4) is 0 Å². The lowest BCUT2D eigenvalue weighted by Gasteiger charge is -2.10. The zero-order valence-corrected chi connectivity index (χ0v) is 12.6. The fraction of sp³-hybridized carbons (Fsp3) is 0.105. The van der Waals surface area contributed by atoms with Crippen LogP contribution in [0.1, 0.15) is 11.1 Å². The lowest BCUT2D eigenvalue weighted by molar-refractivity contribution is -0.136. The van der Waals surface area contributed by atoms with E-state index in [2.05, 4.69) is 0 Å². The highest BCUT2D eigenvalue weighted by atomic mass is 19.4. The minimum Gasteiger partial charge on any atom is -0.455 e. The van der Waals surface area contributed by atoms with Crippen LogP contribution in [0.2, 0.25) is 0 Å².